The number of ketones is 2. The number of carbonyl (C=O) groups excluding carboxylic acids is 2. The summed E-state index contributed by atoms with van der Waals surface area (Å²) in [6.45, 7) is 7.13. The highest BCUT2D eigenvalue weighted by Gasteiger charge is 2.29. The second-order valence-electron chi connectivity index (χ2n) is 9.01. The van der Waals surface area contributed by atoms with E-state index < -0.39 is 23.5 Å². The molecule has 0 saturated carbocycles. The van der Waals surface area contributed by atoms with Crippen LogP contribution in [-0.2, 0) is 9.59 Å². The Morgan fingerprint density at radius 1 is 0.559 bits per heavy atom. The molecule has 0 aromatic heterocycles. The maximum atomic E-state index is 12.9. The Morgan fingerprint density at radius 3 is 1.35 bits per heavy atom. The fourth-order valence-corrected chi connectivity index (χ4v) is 4.40. The van der Waals surface area contributed by atoms with Crippen LogP contribution >= 0.6 is 0 Å². The molecule has 0 amide bonds. The lowest BCUT2D eigenvalue weighted by Gasteiger charge is -2.23. The molecule has 2 aromatic carbocycles. The SMILES string of the molecule is Cc1c(N)c(C)c([C@@H](C)CC(=O)C(N)C(=O)C[C@@H](C)c2c(N)c(N)c(N)c(N)c2N)c(N)c1N. The van der Waals surface area contributed by atoms with Crippen molar-refractivity contribution in [2.45, 2.75) is 58.4 Å². The predicted octanol–water partition coefficient (Wildman–Crippen LogP) is 1.11. The van der Waals surface area contributed by atoms with Crippen molar-refractivity contribution in [3.63, 3.8) is 0 Å². The second kappa shape index (κ2) is 9.56. The van der Waals surface area contributed by atoms with Gasteiger partial charge in [-0.3, -0.25) is 9.59 Å². The van der Waals surface area contributed by atoms with Crippen LogP contribution in [0.4, 0.5) is 45.5 Å². The van der Waals surface area contributed by atoms with Gasteiger partial charge >= 0.3 is 0 Å². The van der Waals surface area contributed by atoms with Crippen LogP contribution in [0.1, 0.15) is 60.8 Å². The molecule has 1 unspecified atom stereocenters. The van der Waals surface area contributed by atoms with Crippen LogP contribution in [0.15, 0.2) is 0 Å². The van der Waals surface area contributed by atoms with Gasteiger partial charge in [0.15, 0.2) is 11.6 Å². The minimum Gasteiger partial charge on any atom is -0.398 e. The van der Waals surface area contributed by atoms with Crippen molar-refractivity contribution in [2.75, 3.05) is 45.9 Å². The molecule has 0 heterocycles. The number of nitrogen functional groups attached to an aromatic ring is 8. The van der Waals surface area contributed by atoms with Gasteiger partial charge in [-0.05, 0) is 42.4 Å². The van der Waals surface area contributed by atoms with Gasteiger partial charge in [0, 0.05) is 24.1 Å². The lowest BCUT2D eigenvalue weighted by Crippen LogP contribution is -2.39. The number of benzene rings is 2. The monoisotopic (exact) mass is 471 g/mol. The summed E-state index contributed by atoms with van der Waals surface area (Å²) in [5.74, 6) is -1.75. The summed E-state index contributed by atoms with van der Waals surface area (Å²) < 4.78 is 0. The summed E-state index contributed by atoms with van der Waals surface area (Å²) >= 11 is 0. The third-order valence-corrected chi connectivity index (χ3v) is 6.63. The molecular formula is C23H37N9O2. The number of rotatable bonds is 8. The molecule has 0 aliphatic rings. The van der Waals surface area contributed by atoms with Crippen LogP contribution < -0.4 is 51.6 Å². The van der Waals surface area contributed by atoms with E-state index in [-0.39, 0.29) is 47.2 Å². The first-order valence-corrected chi connectivity index (χ1v) is 10.9. The van der Waals surface area contributed by atoms with E-state index in [1.165, 1.54) is 0 Å². The van der Waals surface area contributed by atoms with E-state index in [0.717, 1.165) is 5.56 Å². The van der Waals surface area contributed by atoms with Gasteiger partial charge < -0.3 is 51.6 Å². The van der Waals surface area contributed by atoms with Gasteiger partial charge in [-0.1, -0.05) is 13.8 Å². The molecule has 186 valence electrons. The standard InChI is InChI=1S/C23H37N9O2/c1-7(13-9(3)15(24)10(4)16(25)18(13)27)5-11(33)17(26)12(34)6-8(2)14-19(28)21(30)23(32)22(31)20(14)29/h7-8,17H,5-6,24-32H2,1-4H3/t7-,8+,17?/m0/s1. The zero-order chi connectivity index (χ0) is 26.2. The summed E-state index contributed by atoms with van der Waals surface area (Å²) in [6.07, 6.45) is -0.107. The molecule has 3 atom stereocenters. The van der Waals surface area contributed by atoms with E-state index in [1.54, 1.807) is 13.8 Å². The minimum absolute atomic E-state index is 0.0136. The molecule has 0 spiro atoms. The highest BCUT2D eigenvalue weighted by Crippen LogP contribution is 2.43. The van der Waals surface area contributed by atoms with E-state index >= 15 is 0 Å². The molecule has 0 aliphatic carbocycles. The molecule has 0 aliphatic heterocycles. The normalized spacial score (nSPS) is 13.9. The van der Waals surface area contributed by atoms with E-state index in [0.29, 0.717) is 33.8 Å². The van der Waals surface area contributed by atoms with Gasteiger partial charge in [0.25, 0.3) is 0 Å². The molecule has 11 heteroatoms. The largest absolute Gasteiger partial charge is 0.398 e. The third-order valence-electron chi connectivity index (χ3n) is 6.63. The van der Waals surface area contributed by atoms with E-state index in [1.807, 2.05) is 13.8 Å². The van der Waals surface area contributed by atoms with Crippen molar-refractivity contribution in [1.82, 2.24) is 0 Å². The highest BCUT2D eigenvalue weighted by molar-refractivity contribution is 6.07. The lowest BCUT2D eigenvalue weighted by atomic mass is 9.84. The molecule has 0 fully saturated rings. The smallest absolute Gasteiger partial charge is 0.157 e. The van der Waals surface area contributed by atoms with Crippen LogP contribution in [0.2, 0.25) is 0 Å². The molecule has 18 N–H and O–H groups in total. The fourth-order valence-electron chi connectivity index (χ4n) is 4.40. The Bertz CT molecular complexity index is 1010. The number of hydrogen-bond donors (Lipinski definition) is 9. The minimum atomic E-state index is -1.34. The molecular weight excluding hydrogens is 434 g/mol. The van der Waals surface area contributed by atoms with Gasteiger partial charge in [-0.2, -0.15) is 0 Å². The zero-order valence-corrected chi connectivity index (χ0v) is 20.2. The average Bonchev–Trinajstić information content (AvgIpc) is 2.78. The molecule has 2 rings (SSSR count). The fraction of sp³-hybridized carbons (Fsp3) is 0.391. The van der Waals surface area contributed by atoms with Gasteiger partial charge in [0.2, 0.25) is 0 Å². The van der Waals surface area contributed by atoms with Gasteiger partial charge in [0.05, 0.1) is 39.8 Å². The molecule has 34 heavy (non-hydrogen) atoms. The van der Waals surface area contributed by atoms with Crippen LogP contribution in [0.25, 0.3) is 0 Å². The van der Waals surface area contributed by atoms with Gasteiger partial charge in [-0.25, -0.2) is 0 Å². The van der Waals surface area contributed by atoms with Crippen molar-refractivity contribution in [1.29, 1.82) is 0 Å². The first-order chi connectivity index (χ1) is 15.6. The quantitative estimate of drug-likeness (QED) is 0.194. The number of Topliss-reactive ketones (excluding diaryl/α,β-unsaturated/α-hetero) is 2. The van der Waals surface area contributed by atoms with Gasteiger partial charge in [-0.15, -0.1) is 0 Å². The molecule has 0 bridgehead atoms. The summed E-state index contributed by atoms with van der Waals surface area (Å²) in [7, 11) is 0. The molecule has 2 aromatic rings. The highest BCUT2D eigenvalue weighted by atomic mass is 16.2. The lowest BCUT2D eigenvalue weighted by molar-refractivity contribution is -0.129. The van der Waals surface area contributed by atoms with E-state index in [4.69, 9.17) is 51.6 Å². The first kappa shape index (κ1) is 26.4. The number of carbonyl (C=O) groups is 2. The van der Waals surface area contributed by atoms with Crippen molar-refractivity contribution in [3.05, 3.63) is 22.3 Å². The number of hydrogen-bond acceptors (Lipinski definition) is 11. The number of anilines is 8. The van der Waals surface area contributed by atoms with Crippen LogP contribution in [0, 0.1) is 13.8 Å². The first-order valence-electron chi connectivity index (χ1n) is 10.9. The van der Waals surface area contributed by atoms with Crippen molar-refractivity contribution in [2.24, 2.45) is 5.73 Å². The second-order valence-corrected chi connectivity index (χ2v) is 9.01. The Hall–Kier alpha value is -3.86. The summed E-state index contributed by atoms with van der Waals surface area (Å²) in [6, 6.07) is -1.34. The van der Waals surface area contributed by atoms with E-state index in [2.05, 4.69) is 0 Å². The predicted molar refractivity (Wildman–Crippen MR) is 142 cm³/mol. The van der Waals surface area contributed by atoms with Crippen LogP contribution in [0.5, 0.6) is 0 Å². The Morgan fingerprint density at radius 2 is 0.912 bits per heavy atom. The van der Waals surface area contributed by atoms with Crippen molar-refractivity contribution in [3.8, 4) is 0 Å². The Kier molecular flexibility index (Phi) is 7.42. The molecule has 0 saturated heterocycles. The maximum absolute atomic E-state index is 12.9. The summed E-state index contributed by atoms with van der Waals surface area (Å²) in [5, 5.41) is 0. The molecule has 0 radical (unpaired) electrons. The maximum Gasteiger partial charge on any atom is 0.157 e. The van der Waals surface area contributed by atoms with Crippen molar-refractivity contribution >= 4 is 57.1 Å². The number of nitrogens with two attached hydrogens (primary N) is 9. The third kappa shape index (κ3) is 4.46. The van der Waals surface area contributed by atoms with Crippen molar-refractivity contribution < 1.29 is 9.59 Å². The van der Waals surface area contributed by atoms with Crippen LogP contribution in [-0.4, -0.2) is 17.6 Å². The molecule has 11 nitrogen and oxygen atoms in total. The summed E-state index contributed by atoms with van der Waals surface area (Å²) in [5.41, 5.74) is 58.7. The average molecular weight is 472 g/mol. The van der Waals surface area contributed by atoms with Gasteiger partial charge in [0.1, 0.15) is 6.04 Å². The topological polar surface area (TPSA) is 268 Å². The van der Waals surface area contributed by atoms with Crippen LogP contribution in [0.3, 0.4) is 0 Å². The van der Waals surface area contributed by atoms with E-state index in [9.17, 15) is 9.59 Å². The summed E-state index contributed by atoms with van der Waals surface area (Å²) in [4.78, 5) is 25.7. The Balaban J connectivity index is 2.21. The Labute approximate surface area is 199 Å². The zero-order valence-electron chi connectivity index (χ0n) is 20.2.